The molecule has 8 heteroatoms. The van der Waals surface area contributed by atoms with Crippen molar-refractivity contribution in [2.45, 2.75) is 39.8 Å². The van der Waals surface area contributed by atoms with E-state index in [9.17, 15) is 0 Å². The molecular formula is C22H39N5O3. The van der Waals surface area contributed by atoms with E-state index in [2.05, 4.69) is 41.3 Å². The monoisotopic (exact) mass is 421 g/mol. The largest absolute Gasteiger partial charge is 0.475 e. The second-order valence-corrected chi connectivity index (χ2v) is 7.82. The van der Waals surface area contributed by atoms with Crippen LogP contribution in [0.4, 0.5) is 0 Å². The fraction of sp³-hybridized carbons (Fsp3) is 0.727. The summed E-state index contributed by atoms with van der Waals surface area (Å²) in [5.41, 5.74) is 0.956. The predicted molar refractivity (Wildman–Crippen MR) is 120 cm³/mol. The molecular weight excluding hydrogens is 382 g/mol. The highest BCUT2D eigenvalue weighted by atomic mass is 16.5. The number of methoxy groups -OCH3 is 1. The third kappa shape index (κ3) is 8.85. The fourth-order valence-corrected chi connectivity index (χ4v) is 3.46. The number of ether oxygens (including phenoxy) is 3. The van der Waals surface area contributed by atoms with Gasteiger partial charge in [0, 0.05) is 51.1 Å². The van der Waals surface area contributed by atoms with Gasteiger partial charge in [0.15, 0.2) is 5.96 Å². The maximum atomic E-state index is 5.73. The molecule has 0 radical (unpaired) electrons. The second kappa shape index (κ2) is 14.2. The van der Waals surface area contributed by atoms with E-state index in [4.69, 9.17) is 19.2 Å². The lowest BCUT2D eigenvalue weighted by atomic mass is 10.0. The quantitative estimate of drug-likeness (QED) is 0.303. The highest BCUT2D eigenvalue weighted by molar-refractivity contribution is 5.79. The molecule has 170 valence electrons. The van der Waals surface area contributed by atoms with Gasteiger partial charge in [0.1, 0.15) is 6.61 Å². The van der Waals surface area contributed by atoms with Crippen LogP contribution in [-0.4, -0.2) is 81.6 Å². The molecule has 0 spiro atoms. The number of morpholine rings is 1. The van der Waals surface area contributed by atoms with Crippen molar-refractivity contribution in [3.05, 3.63) is 23.9 Å². The molecule has 1 atom stereocenters. The normalized spacial score (nSPS) is 16.5. The number of nitrogens with one attached hydrogen (secondary N) is 2. The molecule has 0 aromatic carbocycles. The van der Waals surface area contributed by atoms with Crippen LogP contribution in [0.2, 0.25) is 0 Å². The van der Waals surface area contributed by atoms with Gasteiger partial charge in [-0.1, -0.05) is 19.9 Å². The number of nitrogens with zero attached hydrogens (tertiary/aromatic N) is 3. The first-order valence-corrected chi connectivity index (χ1v) is 11.0. The van der Waals surface area contributed by atoms with E-state index in [1.54, 1.807) is 13.3 Å². The number of hydrogen-bond donors (Lipinski definition) is 2. The average molecular weight is 422 g/mol. The molecule has 1 unspecified atom stereocenters. The van der Waals surface area contributed by atoms with Crippen LogP contribution in [0.15, 0.2) is 23.3 Å². The van der Waals surface area contributed by atoms with Crippen molar-refractivity contribution in [1.82, 2.24) is 20.5 Å². The number of pyridine rings is 1. The van der Waals surface area contributed by atoms with Gasteiger partial charge in [-0.3, -0.25) is 4.90 Å². The molecule has 2 rings (SSSR count). The molecule has 8 nitrogen and oxygen atoms in total. The minimum atomic E-state index is 0.462. The summed E-state index contributed by atoms with van der Waals surface area (Å²) in [6.07, 6.45) is 2.88. The van der Waals surface area contributed by atoms with E-state index >= 15 is 0 Å². The Balaban J connectivity index is 1.99. The molecule has 1 fully saturated rings. The lowest BCUT2D eigenvalue weighted by Crippen LogP contribution is -2.51. The van der Waals surface area contributed by atoms with Gasteiger partial charge in [0.2, 0.25) is 5.88 Å². The highest BCUT2D eigenvalue weighted by Gasteiger charge is 2.22. The number of aliphatic imine (C=N–C) groups is 1. The molecule has 1 saturated heterocycles. The van der Waals surface area contributed by atoms with Crippen LogP contribution in [0.1, 0.15) is 32.8 Å². The number of rotatable bonds is 12. The highest BCUT2D eigenvalue weighted by Crippen LogP contribution is 2.16. The fourth-order valence-electron chi connectivity index (χ4n) is 3.46. The van der Waals surface area contributed by atoms with E-state index in [1.165, 1.54) is 0 Å². The van der Waals surface area contributed by atoms with Gasteiger partial charge >= 0.3 is 0 Å². The van der Waals surface area contributed by atoms with Crippen molar-refractivity contribution in [1.29, 1.82) is 0 Å². The number of hydrogen-bond acceptors (Lipinski definition) is 6. The lowest BCUT2D eigenvalue weighted by molar-refractivity contribution is 0.0132. The summed E-state index contributed by atoms with van der Waals surface area (Å²) in [7, 11) is 1.66. The van der Waals surface area contributed by atoms with Crippen LogP contribution < -0.4 is 15.4 Å². The summed E-state index contributed by atoms with van der Waals surface area (Å²) < 4.78 is 16.3. The zero-order valence-electron chi connectivity index (χ0n) is 19.0. The van der Waals surface area contributed by atoms with Gasteiger partial charge in [-0.05, 0) is 25.3 Å². The predicted octanol–water partition coefficient (Wildman–Crippen LogP) is 1.91. The lowest BCUT2D eigenvalue weighted by Gasteiger charge is -2.35. The number of guanidine groups is 1. The standard InChI is InChI=1S/C22H39N5O3/c1-5-23-22(25-16-19-7-6-8-24-21(19)30-14-13-28-4)26-17-20(15-18(2)3)27-9-11-29-12-10-27/h6-8,18,20H,5,9-17H2,1-4H3,(H2,23,25,26). The second-order valence-electron chi connectivity index (χ2n) is 7.82. The molecule has 0 saturated carbocycles. The molecule has 1 aliphatic heterocycles. The van der Waals surface area contributed by atoms with Gasteiger partial charge in [-0.2, -0.15) is 0 Å². The average Bonchev–Trinajstić information content (AvgIpc) is 2.76. The van der Waals surface area contributed by atoms with Crippen molar-refractivity contribution in [3.63, 3.8) is 0 Å². The van der Waals surface area contributed by atoms with Crippen molar-refractivity contribution in [3.8, 4) is 5.88 Å². The topological polar surface area (TPSA) is 80.2 Å². The van der Waals surface area contributed by atoms with Crippen LogP contribution in [0, 0.1) is 5.92 Å². The van der Waals surface area contributed by atoms with E-state index in [0.29, 0.717) is 37.6 Å². The molecule has 0 aliphatic carbocycles. The summed E-state index contributed by atoms with van der Waals surface area (Å²) in [6, 6.07) is 4.37. The Hall–Kier alpha value is -1.90. The molecule has 30 heavy (non-hydrogen) atoms. The van der Waals surface area contributed by atoms with Gasteiger partial charge < -0.3 is 24.8 Å². The maximum absolute atomic E-state index is 5.73. The first kappa shape index (κ1) is 24.4. The van der Waals surface area contributed by atoms with Crippen LogP contribution in [0.5, 0.6) is 5.88 Å². The van der Waals surface area contributed by atoms with Crippen molar-refractivity contribution >= 4 is 5.96 Å². The van der Waals surface area contributed by atoms with Crippen LogP contribution in [0.3, 0.4) is 0 Å². The zero-order chi connectivity index (χ0) is 21.6. The van der Waals surface area contributed by atoms with Crippen LogP contribution in [-0.2, 0) is 16.0 Å². The summed E-state index contributed by atoms with van der Waals surface area (Å²) >= 11 is 0. The third-order valence-corrected chi connectivity index (χ3v) is 4.94. The third-order valence-electron chi connectivity index (χ3n) is 4.94. The van der Waals surface area contributed by atoms with Gasteiger partial charge in [-0.25, -0.2) is 9.98 Å². The summed E-state index contributed by atoms with van der Waals surface area (Å²) in [4.78, 5) is 11.6. The Morgan fingerprint density at radius 3 is 2.77 bits per heavy atom. The van der Waals surface area contributed by atoms with E-state index < -0.39 is 0 Å². The Bertz CT molecular complexity index is 621. The Labute approximate surface area is 181 Å². The first-order chi connectivity index (χ1) is 14.6. The van der Waals surface area contributed by atoms with E-state index in [-0.39, 0.29) is 0 Å². The smallest absolute Gasteiger partial charge is 0.218 e. The van der Waals surface area contributed by atoms with Crippen LogP contribution in [0.25, 0.3) is 0 Å². The Kier molecular flexibility index (Phi) is 11.5. The van der Waals surface area contributed by atoms with Crippen LogP contribution >= 0.6 is 0 Å². The van der Waals surface area contributed by atoms with Crippen molar-refractivity contribution in [2.75, 3.05) is 59.7 Å². The van der Waals surface area contributed by atoms with Gasteiger partial charge in [0.05, 0.1) is 26.4 Å². The first-order valence-electron chi connectivity index (χ1n) is 11.0. The Morgan fingerprint density at radius 2 is 2.07 bits per heavy atom. The van der Waals surface area contributed by atoms with E-state index in [1.807, 2.05) is 12.1 Å². The number of aromatic nitrogens is 1. The molecule has 2 N–H and O–H groups in total. The zero-order valence-corrected chi connectivity index (χ0v) is 19.0. The minimum Gasteiger partial charge on any atom is -0.475 e. The molecule has 0 amide bonds. The summed E-state index contributed by atoms with van der Waals surface area (Å²) in [6.45, 7) is 13.4. The van der Waals surface area contributed by atoms with Gasteiger partial charge in [-0.15, -0.1) is 0 Å². The molecule has 1 aliphatic rings. The molecule has 0 bridgehead atoms. The summed E-state index contributed by atoms with van der Waals surface area (Å²) in [5, 5.41) is 6.89. The molecule has 1 aromatic rings. The maximum Gasteiger partial charge on any atom is 0.218 e. The van der Waals surface area contributed by atoms with Gasteiger partial charge in [0.25, 0.3) is 0 Å². The molecule has 1 aromatic heterocycles. The van der Waals surface area contributed by atoms with E-state index in [0.717, 1.165) is 57.3 Å². The Morgan fingerprint density at radius 1 is 1.27 bits per heavy atom. The van der Waals surface area contributed by atoms with Crippen molar-refractivity contribution < 1.29 is 14.2 Å². The molecule has 2 heterocycles. The SMILES string of the molecule is CCNC(=NCc1cccnc1OCCOC)NCC(CC(C)C)N1CCOCC1. The van der Waals surface area contributed by atoms with Crippen molar-refractivity contribution in [2.24, 2.45) is 10.9 Å². The summed E-state index contributed by atoms with van der Waals surface area (Å²) in [5.74, 6) is 2.06. The minimum absolute atomic E-state index is 0.462.